The zero-order chi connectivity index (χ0) is 5.98. The van der Waals surface area contributed by atoms with Gasteiger partial charge in [0.25, 0.3) is 5.56 Å². The molecule has 1 rings (SSSR count). The van der Waals surface area contributed by atoms with Gasteiger partial charge in [0.15, 0.2) is 0 Å². The van der Waals surface area contributed by atoms with Gasteiger partial charge in [0.2, 0.25) is 0 Å². The Hall–Kier alpha value is -0.723. The second kappa shape index (κ2) is 3.33. The van der Waals surface area contributed by atoms with Crippen LogP contribution in [0.4, 0.5) is 0 Å². The van der Waals surface area contributed by atoms with Gasteiger partial charge in [-0.25, -0.2) is 4.79 Å². The van der Waals surface area contributed by atoms with Gasteiger partial charge < -0.3 is 4.98 Å². The van der Waals surface area contributed by atoms with Crippen molar-refractivity contribution in [3.63, 3.8) is 0 Å². The van der Waals surface area contributed by atoms with Crippen LogP contribution < -0.4 is 11.2 Å². The van der Waals surface area contributed by atoms with Gasteiger partial charge in [-0.15, -0.1) is 0 Å². The van der Waals surface area contributed by atoms with Gasteiger partial charge in [-0.05, 0) is 0 Å². The summed E-state index contributed by atoms with van der Waals surface area (Å²) in [6.07, 6.45) is 1.29. The van der Waals surface area contributed by atoms with Crippen molar-refractivity contribution in [3.05, 3.63) is 33.1 Å². The van der Waals surface area contributed by atoms with E-state index in [2.05, 4.69) is 4.98 Å². The van der Waals surface area contributed by atoms with Crippen LogP contribution in [-0.4, -0.2) is 28.8 Å². The first-order chi connectivity index (χ1) is 3.79. The normalized spacial score (nSPS) is 8.00. The second-order valence-corrected chi connectivity index (χ2v) is 1.30. The molecule has 0 atom stereocenters. The first-order valence-electron chi connectivity index (χ1n) is 2.07. The molecule has 0 spiro atoms. The quantitative estimate of drug-likeness (QED) is 0.405. The Morgan fingerprint density at radius 2 is 2.00 bits per heavy atom. The van der Waals surface area contributed by atoms with E-state index in [1.54, 1.807) is 0 Å². The van der Waals surface area contributed by atoms with E-state index in [0.717, 1.165) is 0 Å². The third kappa shape index (κ3) is 2.35. The van der Waals surface area contributed by atoms with Crippen molar-refractivity contribution in [1.29, 1.82) is 0 Å². The van der Waals surface area contributed by atoms with E-state index in [9.17, 15) is 9.59 Å². The predicted octanol–water partition coefficient (Wildman–Crippen LogP) is -1.59. The summed E-state index contributed by atoms with van der Waals surface area (Å²) in [4.78, 5) is 24.7. The summed E-state index contributed by atoms with van der Waals surface area (Å²) in [7, 11) is 0. The topological polar surface area (TPSA) is 65.7 Å². The van der Waals surface area contributed by atoms with Crippen LogP contribution in [0.1, 0.15) is 0 Å². The average molecular weight is 120 g/mol. The summed E-state index contributed by atoms with van der Waals surface area (Å²) in [6.45, 7) is 0. The first-order valence-corrected chi connectivity index (χ1v) is 2.07. The van der Waals surface area contributed by atoms with Crippen LogP contribution in [0.15, 0.2) is 21.9 Å². The van der Waals surface area contributed by atoms with Gasteiger partial charge >= 0.3 is 24.6 Å². The fourth-order valence-corrected chi connectivity index (χ4v) is 0.383. The number of H-pyrrole nitrogens is 2. The van der Waals surface area contributed by atoms with E-state index < -0.39 is 5.69 Å². The molecule has 9 heavy (non-hydrogen) atoms. The maximum atomic E-state index is 10.2. The Bertz CT molecular complexity index is 251. The molecule has 5 heteroatoms. The van der Waals surface area contributed by atoms with Crippen LogP contribution >= 0.6 is 0 Å². The first kappa shape index (κ1) is 8.28. The fraction of sp³-hybridized carbons (Fsp3) is 0. The monoisotopic (exact) mass is 120 g/mol. The molecule has 0 amide bonds. The van der Waals surface area contributed by atoms with Crippen molar-refractivity contribution in [2.24, 2.45) is 0 Å². The van der Waals surface area contributed by atoms with E-state index in [1.807, 2.05) is 4.98 Å². The van der Waals surface area contributed by atoms with Gasteiger partial charge in [-0.3, -0.25) is 9.78 Å². The molecule has 0 saturated carbocycles. The van der Waals surface area contributed by atoms with E-state index in [0.29, 0.717) is 0 Å². The van der Waals surface area contributed by atoms with Crippen LogP contribution in [0.3, 0.4) is 0 Å². The summed E-state index contributed by atoms with van der Waals surface area (Å²) in [5.41, 5.74) is -0.855. The summed E-state index contributed by atoms with van der Waals surface area (Å²) in [5.74, 6) is 0. The van der Waals surface area contributed by atoms with Crippen molar-refractivity contribution in [3.8, 4) is 0 Å². The van der Waals surface area contributed by atoms with E-state index in [-0.39, 0.29) is 24.4 Å². The van der Waals surface area contributed by atoms with Gasteiger partial charge in [0.05, 0.1) is 0 Å². The number of hydrogen-bond donors (Lipinski definition) is 2. The Kier molecular flexibility index (Phi) is 3.06. The number of hydrogen-bond acceptors (Lipinski definition) is 2. The molecule has 0 aromatic carbocycles. The van der Waals surface area contributed by atoms with E-state index in [1.165, 1.54) is 12.3 Å². The number of rotatable bonds is 0. The molecule has 1 aromatic heterocycles. The molecule has 0 fully saturated rings. The molecule has 0 radical (unpaired) electrons. The maximum absolute atomic E-state index is 10.2. The fourth-order valence-electron chi connectivity index (χ4n) is 0.383. The molecule has 0 aliphatic heterocycles. The molecule has 1 aromatic rings. The molecule has 2 N–H and O–H groups in total. The summed E-state index contributed by atoms with van der Waals surface area (Å²) in [5, 5.41) is 0. The molecule has 44 valence electrons. The SMILES string of the molecule is O=c1cc[nH]c(=O)[nH]1.[LiH]. The summed E-state index contributed by atoms with van der Waals surface area (Å²) < 4.78 is 0. The summed E-state index contributed by atoms with van der Waals surface area (Å²) in [6, 6.07) is 1.24. The van der Waals surface area contributed by atoms with Crippen LogP contribution in [-0.2, 0) is 0 Å². The third-order valence-electron chi connectivity index (χ3n) is 0.686. The van der Waals surface area contributed by atoms with Crippen molar-refractivity contribution in [2.75, 3.05) is 0 Å². The zero-order valence-corrected chi connectivity index (χ0v) is 3.97. The van der Waals surface area contributed by atoms with E-state index >= 15 is 0 Å². The Balaban J connectivity index is 0.000000640. The molecule has 1 heterocycles. The van der Waals surface area contributed by atoms with Crippen molar-refractivity contribution in [1.82, 2.24) is 9.97 Å². The van der Waals surface area contributed by atoms with Crippen molar-refractivity contribution >= 4 is 18.9 Å². The van der Waals surface area contributed by atoms with Gasteiger partial charge in [-0.1, -0.05) is 0 Å². The molecule has 0 bridgehead atoms. The average Bonchev–Trinajstić information content (AvgIpc) is 1.64. The minimum absolute atomic E-state index is 0. The Morgan fingerprint density at radius 3 is 2.33 bits per heavy atom. The van der Waals surface area contributed by atoms with Gasteiger partial charge in [-0.2, -0.15) is 0 Å². The molecule has 0 aliphatic carbocycles. The van der Waals surface area contributed by atoms with Crippen molar-refractivity contribution in [2.45, 2.75) is 0 Å². The molecule has 0 saturated heterocycles. The molecule has 0 aliphatic rings. The minimum atomic E-state index is -0.475. The molecular formula is C4H5LiN2O2. The number of aromatic nitrogens is 2. The van der Waals surface area contributed by atoms with Gasteiger partial charge in [0, 0.05) is 12.3 Å². The van der Waals surface area contributed by atoms with Crippen LogP contribution in [0.2, 0.25) is 0 Å². The third-order valence-corrected chi connectivity index (χ3v) is 0.686. The van der Waals surface area contributed by atoms with Crippen LogP contribution in [0, 0.1) is 0 Å². The van der Waals surface area contributed by atoms with Gasteiger partial charge in [0.1, 0.15) is 0 Å². The van der Waals surface area contributed by atoms with E-state index in [4.69, 9.17) is 0 Å². The summed E-state index contributed by atoms with van der Waals surface area (Å²) >= 11 is 0. The van der Waals surface area contributed by atoms with Crippen molar-refractivity contribution < 1.29 is 0 Å². The standard InChI is InChI=1S/C4H4N2O2.Li.H/c7-3-1-2-5-4(8)6-3;;/h1-2H,(H2,5,6,7,8);;. The molecule has 4 nitrogen and oxygen atoms in total. The van der Waals surface area contributed by atoms with Crippen LogP contribution in [0.5, 0.6) is 0 Å². The predicted molar refractivity (Wildman–Crippen MR) is 34.8 cm³/mol. The Labute approximate surface area is 62.5 Å². The number of aromatic amines is 2. The number of nitrogens with one attached hydrogen (secondary N) is 2. The van der Waals surface area contributed by atoms with Crippen LogP contribution in [0.25, 0.3) is 0 Å². The second-order valence-electron chi connectivity index (χ2n) is 1.30. The Morgan fingerprint density at radius 1 is 1.33 bits per heavy atom. The zero-order valence-electron chi connectivity index (χ0n) is 3.97. The molecule has 0 unspecified atom stereocenters. The molecular weight excluding hydrogens is 115 g/mol.